The number of hydrogen-bond donors (Lipinski definition) is 0. The normalized spacial score (nSPS) is 14.2. The summed E-state index contributed by atoms with van der Waals surface area (Å²) >= 11 is 0. The monoisotopic (exact) mass is 211 g/mol. The number of nitrogens with zero attached hydrogens (tertiary/aromatic N) is 1. The average molecular weight is 211 g/mol. The smallest absolute Gasteiger partial charge is 0.323 e. The van der Waals surface area contributed by atoms with E-state index in [9.17, 15) is 4.79 Å². The topological polar surface area (TPSA) is 50.1 Å². The molecule has 0 spiro atoms. The molecule has 3 nitrogen and oxygen atoms in total. The molecule has 0 bridgehead atoms. The van der Waals surface area contributed by atoms with Gasteiger partial charge >= 0.3 is 5.97 Å². The molecule has 0 aliphatic carbocycles. The Kier molecular flexibility index (Phi) is 4.33. The van der Waals surface area contributed by atoms with Crippen molar-refractivity contribution in [2.75, 3.05) is 0 Å². The zero-order chi connectivity index (χ0) is 12.3. The minimum Gasteiger partial charge on any atom is -0.459 e. The molecule has 0 aromatic heterocycles. The first-order chi connectivity index (χ1) is 6.55. The van der Waals surface area contributed by atoms with Crippen LogP contribution < -0.4 is 0 Å². The van der Waals surface area contributed by atoms with Crippen LogP contribution in [0.5, 0.6) is 0 Å². The highest BCUT2D eigenvalue weighted by molar-refractivity contribution is 5.75. The summed E-state index contributed by atoms with van der Waals surface area (Å²) in [6.45, 7) is 11.4. The predicted octanol–water partition coefficient (Wildman–Crippen LogP) is 2.90. The van der Waals surface area contributed by atoms with E-state index in [4.69, 9.17) is 10.00 Å². The molecule has 1 atom stereocenters. The lowest BCUT2D eigenvalue weighted by Gasteiger charge is -2.24. The van der Waals surface area contributed by atoms with Gasteiger partial charge in [0.25, 0.3) is 0 Å². The van der Waals surface area contributed by atoms with Crippen LogP contribution in [0.4, 0.5) is 0 Å². The van der Waals surface area contributed by atoms with Crippen LogP contribution in [-0.4, -0.2) is 11.6 Å². The van der Waals surface area contributed by atoms with Crippen LogP contribution in [-0.2, 0) is 9.53 Å². The summed E-state index contributed by atoms with van der Waals surface area (Å²) in [6.07, 6.45) is 0.526. The number of nitriles is 1. The summed E-state index contributed by atoms with van der Waals surface area (Å²) in [5.74, 6) is -1.08. The second-order valence-corrected chi connectivity index (χ2v) is 5.98. The van der Waals surface area contributed by atoms with E-state index < -0.39 is 17.5 Å². The Bertz CT molecular complexity index is 263. The van der Waals surface area contributed by atoms with Gasteiger partial charge in [0.2, 0.25) is 0 Å². The highest BCUT2D eigenvalue weighted by Gasteiger charge is 2.28. The first-order valence-electron chi connectivity index (χ1n) is 5.18. The summed E-state index contributed by atoms with van der Waals surface area (Å²) < 4.78 is 5.18. The van der Waals surface area contributed by atoms with Crippen molar-refractivity contribution in [1.82, 2.24) is 0 Å². The number of ether oxygens (including phenoxy) is 1. The molecule has 0 aromatic rings. The van der Waals surface area contributed by atoms with Crippen LogP contribution in [0.2, 0.25) is 0 Å². The van der Waals surface area contributed by atoms with Crippen molar-refractivity contribution in [3.05, 3.63) is 0 Å². The Morgan fingerprint density at radius 3 is 2.00 bits per heavy atom. The maximum absolute atomic E-state index is 11.6. The predicted molar refractivity (Wildman–Crippen MR) is 59.0 cm³/mol. The molecule has 0 saturated heterocycles. The third kappa shape index (κ3) is 6.96. The van der Waals surface area contributed by atoms with Gasteiger partial charge in [-0.1, -0.05) is 20.8 Å². The SMILES string of the molecule is CC(C)(C)CC(C#N)C(=O)OC(C)(C)C. The van der Waals surface area contributed by atoms with Crippen molar-refractivity contribution in [2.45, 2.75) is 53.6 Å². The third-order valence-corrected chi connectivity index (χ3v) is 1.66. The van der Waals surface area contributed by atoms with Crippen molar-refractivity contribution in [3.8, 4) is 6.07 Å². The molecule has 3 heteroatoms. The number of esters is 1. The number of carbonyl (C=O) groups is 1. The van der Waals surface area contributed by atoms with Gasteiger partial charge in [-0.05, 0) is 32.6 Å². The fraction of sp³-hybridized carbons (Fsp3) is 0.833. The second-order valence-electron chi connectivity index (χ2n) is 5.98. The number of carbonyl (C=O) groups excluding carboxylic acids is 1. The summed E-state index contributed by atoms with van der Waals surface area (Å²) in [5.41, 5.74) is -0.568. The first-order valence-corrected chi connectivity index (χ1v) is 5.18. The Morgan fingerprint density at radius 2 is 1.73 bits per heavy atom. The van der Waals surface area contributed by atoms with Gasteiger partial charge in [-0.15, -0.1) is 0 Å². The fourth-order valence-electron chi connectivity index (χ4n) is 1.17. The summed E-state index contributed by atoms with van der Waals surface area (Å²) in [5, 5.41) is 8.91. The quantitative estimate of drug-likeness (QED) is 0.660. The van der Waals surface area contributed by atoms with E-state index in [0.29, 0.717) is 6.42 Å². The molecule has 0 aliphatic rings. The van der Waals surface area contributed by atoms with Gasteiger partial charge in [0.1, 0.15) is 11.5 Å². The molecule has 0 N–H and O–H groups in total. The maximum atomic E-state index is 11.6. The van der Waals surface area contributed by atoms with Gasteiger partial charge in [-0.2, -0.15) is 5.26 Å². The van der Waals surface area contributed by atoms with Gasteiger partial charge in [-0.25, -0.2) is 0 Å². The van der Waals surface area contributed by atoms with Gasteiger partial charge in [0.15, 0.2) is 0 Å². The van der Waals surface area contributed by atoms with Crippen molar-refractivity contribution >= 4 is 5.97 Å². The lowest BCUT2D eigenvalue weighted by atomic mass is 9.85. The van der Waals surface area contributed by atoms with Gasteiger partial charge in [0, 0.05) is 0 Å². The average Bonchev–Trinajstić information content (AvgIpc) is 1.94. The molecule has 0 aromatic carbocycles. The minimum atomic E-state index is -0.663. The van der Waals surface area contributed by atoms with Crippen LogP contribution in [0, 0.1) is 22.7 Å². The van der Waals surface area contributed by atoms with Crippen molar-refractivity contribution in [2.24, 2.45) is 11.3 Å². The molecule has 0 radical (unpaired) electrons. The molecule has 0 rings (SSSR count). The molecule has 0 saturated carbocycles. The Balaban J connectivity index is 4.45. The molecular formula is C12H21NO2. The number of hydrogen-bond acceptors (Lipinski definition) is 3. The number of rotatable bonds is 2. The van der Waals surface area contributed by atoms with Gasteiger partial charge in [0.05, 0.1) is 6.07 Å². The Labute approximate surface area is 92.4 Å². The van der Waals surface area contributed by atoms with E-state index in [1.54, 1.807) is 20.8 Å². The molecule has 0 amide bonds. The summed E-state index contributed by atoms with van der Waals surface area (Å²) in [7, 11) is 0. The molecule has 1 unspecified atom stereocenters. The van der Waals surface area contributed by atoms with Crippen LogP contribution >= 0.6 is 0 Å². The minimum absolute atomic E-state index is 0.0443. The Morgan fingerprint density at radius 1 is 1.27 bits per heavy atom. The summed E-state index contributed by atoms with van der Waals surface area (Å²) in [4.78, 5) is 11.6. The van der Waals surface area contributed by atoms with Gasteiger partial charge < -0.3 is 4.74 Å². The molecule has 86 valence electrons. The molecule has 15 heavy (non-hydrogen) atoms. The van der Waals surface area contributed by atoms with E-state index in [0.717, 1.165) is 0 Å². The van der Waals surface area contributed by atoms with Crippen LogP contribution in [0.3, 0.4) is 0 Å². The van der Waals surface area contributed by atoms with Gasteiger partial charge in [-0.3, -0.25) is 4.79 Å². The van der Waals surface area contributed by atoms with Crippen molar-refractivity contribution in [1.29, 1.82) is 5.26 Å². The lowest BCUT2D eigenvalue weighted by Crippen LogP contribution is -2.30. The standard InChI is InChI=1S/C12H21NO2/c1-11(2,3)7-9(8-13)10(14)15-12(4,5)6/h9H,7H2,1-6H3. The van der Waals surface area contributed by atoms with E-state index in [1.165, 1.54) is 0 Å². The molecule has 0 aliphatic heterocycles. The lowest BCUT2D eigenvalue weighted by molar-refractivity contribution is -0.158. The Hall–Kier alpha value is -1.04. The van der Waals surface area contributed by atoms with Crippen molar-refractivity contribution < 1.29 is 9.53 Å². The maximum Gasteiger partial charge on any atom is 0.323 e. The zero-order valence-corrected chi connectivity index (χ0v) is 10.5. The van der Waals surface area contributed by atoms with Crippen LogP contribution in [0.15, 0.2) is 0 Å². The fourth-order valence-corrected chi connectivity index (χ4v) is 1.17. The molecular weight excluding hydrogens is 190 g/mol. The van der Waals surface area contributed by atoms with Crippen molar-refractivity contribution in [3.63, 3.8) is 0 Å². The zero-order valence-electron chi connectivity index (χ0n) is 10.5. The van der Waals surface area contributed by atoms with Crippen LogP contribution in [0.1, 0.15) is 48.0 Å². The molecule has 0 fully saturated rings. The summed E-state index contributed by atoms with van der Waals surface area (Å²) in [6, 6.07) is 2.01. The van der Waals surface area contributed by atoms with E-state index in [1.807, 2.05) is 26.8 Å². The van der Waals surface area contributed by atoms with E-state index in [-0.39, 0.29) is 5.41 Å². The van der Waals surface area contributed by atoms with E-state index >= 15 is 0 Å². The molecule has 0 heterocycles. The third-order valence-electron chi connectivity index (χ3n) is 1.66. The van der Waals surface area contributed by atoms with E-state index in [2.05, 4.69) is 0 Å². The highest BCUT2D eigenvalue weighted by Crippen LogP contribution is 2.25. The second kappa shape index (κ2) is 4.65. The van der Waals surface area contributed by atoms with Crippen LogP contribution in [0.25, 0.3) is 0 Å². The first kappa shape index (κ1) is 14.0. The largest absolute Gasteiger partial charge is 0.459 e. The highest BCUT2D eigenvalue weighted by atomic mass is 16.6.